The zero-order valence-electron chi connectivity index (χ0n) is 15.6. The number of aliphatic hydroxyl groups excluding tert-OH is 1. The van der Waals surface area contributed by atoms with Crippen LogP contribution in [0.2, 0.25) is 0 Å². The molecule has 1 aromatic heterocycles. The number of aryl methyl sites for hydroxylation is 2. The van der Waals surface area contributed by atoms with E-state index in [-0.39, 0.29) is 18.0 Å². The number of anilines is 1. The van der Waals surface area contributed by atoms with E-state index in [0.29, 0.717) is 10.9 Å². The first kappa shape index (κ1) is 20.3. The van der Waals surface area contributed by atoms with E-state index in [9.17, 15) is 13.5 Å². The highest BCUT2D eigenvalue weighted by Crippen LogP contribution is 2.26. The molecule has 1 heterocycles. The van der Waals surface area contributed by atoms with Gasteiger partial charge < -0.3 is 9.84 Å². The molecule has 8 heteroatoms. The highest BCUT2D eigenvalue weighted by molar-refractivity contribution is 7.93. The molecule has 1 N–H and O–H groups in total. The molecule has 1 atom stereocenters. The molecule has 0 unspecified atom stereocenters. The SMILES string of the molecule is Cc1ccc(C)c(OC[C@@H](O)CN(c2nccs2)S(=O)(=O)c2ccccc2)c1. The van der Waals surface area contributed by atoms with E-state index in [1.165, 1.54) is 29.7 Å². The molecule has 28 heavy (non-hydrogen) atoms. The van der Waals surface area contributed by atoms with Gasteiger partial charge in [-0.2, -0.15) is 0 Å². The van der Waals surface area contributed by atoms with Crippen molar-refractivity contribution in [3.63, 3.8) is 0 Å². The number of thiazole rings is 1. The van der Waals surface area contributed by atoms with Crippen LogP contribution in [-0.4, -0.2) is 37.8 Å². The quantitative estimate of drug-likeness (QED) is 0.607. The smallest absolute Gasteiger partial charge is 0.266 e. The second-order valence-corrected chi connectivity index (χ2v) is 9.13. The summed E-state index contributed by atoms with van der Waals surface area (Å²) in [5, 5.41) is 12.5. The fourth-order valence-corrected chi connectivity index (χ4v) is 4.99. The Labute approximate surface area is 169 Å². The lowest BCUT2D eigenvalue weighted by molar-refractivity contribution is 0.114. The third-order valence-electron chi connectivity index (χ3n) is 4.12. The second kappa shape index (κ2) is 8.72. The van der Waals surface area contributed by atoms with Gasteiger partial charge in [-0.05, 0) is 43.2 Å². The third-order valence-corrected chi connectivity index (χ3v) is 6.80. The van der Waals surface area contributed by atoms with E-state index < -0.39 is 16.1 Å². The van der Waals surface area contributed by atoms with Crippen molar-refractivity contribution in [1.82, 2.24) is 4.98 Å². The molecule has 3 rings (SSSR count). The summed E-state index contributed by atoms with van der Waals surface area (Å²) in [4.78, 5) is 4.26. The van der Waals surface area contributed by atoms with Crippen LogP contribution in [0.15, 0.2) is 65.0 Å². The fourth-order valence-electron chi connectivity index (χ4n) is 2.63. The van der Waals surface area contributed by atoms with Gasteiger partial charge in [0.25, 0.3) is 10.0 Å². The molecule has 2 aromatic carbocycles. The summed E-state index contributed by atoms with van der Waals surface area (Å²) in [5.74, 6) is 0.672. The van der Waals surface area contributed by atoms with E-state index in [1.807, 2.05) is 32.0 Å². The van der Waals surface area contributed by atoms with Gasteiger partial charge in [-0.3, -0.25) is 0 Å². The molecular weight excluding hydrogens is 396 g/mol. The molecule has 0 saturated carbocycles. The average Bonchev–Trinajstić information content (AvgIpc) is 3.21. The molecule has 0 amide bonds. The molecule has 0 aliphatic carbocycles. The van der Waals surface area contributed by atoms with Gasteiger partial charge in [0.1, 0.15) is 18.5 Å². The summed E-state index contributed by atoms with van der Waals surface area (Å²) in [6.07, 6.45) is 0.509. The topological polar surface area (TPSA) is 79.7 Å². The van der Waals surface area contributed by atoms with E-state index in [1.54, 1.807) is 23.6 Å². The van der Waals surface area contributed by atoms with Gasteiger partial charge in [0, 0.05) is 11.6 Å². The Kier molecular flexibility index (Phi) is 6.33. The molecule has 0 saturated heterocycles. The van der Waals surface area contributed by atoms with Gasteiger partial charge in [0.15, 0.2) is 5.13 Å². The van der Waals surface area contributed by atoms with Crippen molar-refractivity contribution in [3.05, 3.63) is 71.2 Å². The molecule has 0 radical (unpaired) electrons. The van der Waals surface area contributed by atoms with Crippen molar-refractivity contribution in [2.75, 3.05) is 17.5 Å². The van der Waals surface area contributed by atoms with Crippen molar-refractivity contribution >= 4 is 26.5 Å². The number of aliphatic hydroxyl groups is 1. The van der Waals surface area contributed by atoms with Crippen LogP contribution in [0.1, 0.15) is 11.1 Å². The van der Waals surface area contributed by atoms with Gasteiger partial charge in [-0.25, -0.2) is 17.7 Å². The normalized spacial score (nSPS) is 12.5. The average molecular weight is 419 g/mol. The maximum atomic E-state index is 13.1. The summed E-state index contributed by atoms with van der Waals surface area (Å²) in [5.41, 5.74) is 2.00. The zero-order chi connectivity index (χ0) is 20.1. The Bertz CT molecular complexity index is 1010. The van der Waals surface area contributed by atoms with Crippen LogP contribution in [0.5, 0.6) is 5.75 Å². The molecule has 0 spiro atoms. The van der Waals surface area contributed by atoms with Gasteiger partial charge >= 0.3 is 0 Å². The standard InChI is InChI=1S/C20H22N2O4S2/c1-15-8-9-16(2)19(12-15)26-14-17(23)13-22(20-21-10-11-27-20)28(24,25)18-6-4-3-5-7-18/h3-12,17,23H,13-14H2,1-2H3/t17-/m0/s1. The Morgan fingerprint density at radius 1 is 1.18 bits per heavy atom. The van der Waals surface area contributed by atoms with E-state index in [2.05, 4.69) is 4.98 Å². The number of hydrogen-bond donors (Lipinski definition) is 1. The van der Waals surface area contributed by atoms with Crippen molar-refractivity contribution in [2.45, 2.75) is 24.8 Å². The maximum absolute atomic E-state index is 13.1. The van der Waals surface area contributed by atoms with Crippen LogP contribution < -0.4 is 9.04 Å². The lowest BCUT2D eigenvalue weighted by Crippen LogP contribution is -2.39. The van der Waals surface area contributed by atoms with Crippen LogP contribution in [0.25, 0.3) is 0 Å². The minimum Gasteiger partial charge on any atom is -0.491 e. The van der Waals surface area contributed by atoms with Crippen molar-refractivity contribution < 1.29 is 18.3 Å². The number of ether oxygens (including phenoxy) is 1. The van der Waals surface area contributed by atoms with Gasteiger partial charge in [0.2, 0.25) is 0 Å². The van der Waals surface area contributed by atoms with Crippen LogP contribution in [0, 0.1) is 13.8 Å². The van der Waals surface area contributed by atoms with E-state index in [4.69, 9.17) is 4.74 Å². The lowest BCUT2D eigenvalue weighted by atomic mass is 10.1. The first-order valence-electron chi connectivity index (χ1n) is 8.73. The largest absolute Gasteiger partial charge is 0.491 e. The molecule has 148 valence electrons. The van der Waals surface area contributed by atoms with E-state index >= 15 is 0 Å². The Hall–Kier alpha value is -2.42. The summed E-state index contributed by atoms with van der Waals surface area (Å²) >= 11 is 1.20. The van der Waals surface area contributed by atoms with Gasteiger partial charge in [-0.1, -0.05) is 30.3 Å². The Morgan fingerprint density at radius 2 is 1.93 bits per heavy atom. The summed E-state index contributed by atoms with van der Waals surface area (Å²) in [6, 6.07) is 13.9. The third kappa shape index (κ3) is 4.70. The number of sulfonamides is 1. The van der Waals surface area contributed by atoms with Gasteiger partial charge in [-0.15, -0.1) is 11.3 Å². The van der Waals surface area contributed by atoms with Gasteiger partial charge in [0.05, 0.1) is 11.4 Å². The highest BCUT2D eigenvalue weighted by atomic mass is 32.2. The Morgan fingerprint density at radius 3 is 2.61 bits per heavy atom. The summed E-state index contributed by atoms with van der Waals surface area (Å²) in [7, 11) is -3.85. The number of nitrogens with zero attached hydrogens (tertiary/aromatic N) is 2. The van der Waals surface area contributed by atoms with E-state index in [0.717, 1.165) is 15.4 Å². The molecule has 3 aromatic rings. The van der Waals surface area contributed by atoms with Crippen LogP contribution in [0.4, 0.5) is 5.13 Å². The predicted octanol–water partition coefficient (Wildman–Crippen LogP) is 3.40. The maximum Gasteiger partial charge on any atom is 0.266 e. The first-order chi connectivity index (χ1) is 13.4. The highest BCUT2D eigenvalue weighted by Gasteiger charge is 2.29. The van der Waals surface area contributed by atoms with Crippen LogP contribution in [0.3, 0.4) is 0 Å². The molecular formula is C20H22N2O4S2. The zero-order valence-corrected chi connectivity index (χ0v) is 17.3. The molecule has 0 aliphatic rings. The number of aromatic nitrogens is 1. The number of rotatable bonds is 8. The molecule has 0 fully saturated rings. The number of benzene rings is 2. The van der Waals surface area contributed by atoms with Crippen LogP contribution >= 0.6 is 11.3 Å². The predicted molar refractivity (Wildman–Crippen MR) is 111 cm³/mol. The fraction of sp³-hybridized carbons (Fsp3) is 0.250. The molecule has 6 nitrogen and oxygen atoms in total. The van der Waals surface area contributed by atoms with Crippen molar-refractivity contribution in [1.29, 1.82) is 0 Å². The molecule has 0 aliphatic heterocycles. The minimum absolute atomic E-state index is 0.0313. The monoisotopic (exact) mass is 418 g/mol. The van der Waals surface area contributed by atoms with Crippen molar-refractivity contribution in [3.8, 4) is 5.75 Å². The number of hydrogen-bond acceptors (Lipinski definition) is 6. The summed E-state index contributed by atoms with van der Waals surface area (Å²) < 4.78 is 33.0. The van der Waals surface area contributed by atoms with Crippen molar-refractivity contribution in [2.24, 2.45) is 0 Å². The first-order valence-corrected chi connectivity index (χ1v) is 11.1. The lowest BCUT2D eigenvalue weighted by Gasteiger charge is -2.24. The Balaban J connectivity index is 1.78. The summed E-state index contributed by atoms with van der Waals surface area (Å²) in [6.45, 7) is 3.69. The van der Waals surface area contributed by atoms with Crippen LogP contribution in [-0.2, 0) is 10.0 Å². The second-order valence-electron chi connectivity index (χ2n) is 6.40. The molecule has 0 bridgehead atoms. The minimum atomic E-state index is -3.85.